The molecule has 2 N–H and O–H groups in total. The SMILES string of the molecule is O=C(O)Cn1nnnc1SCc1cccc(O)c1. The van der Waals surface area contributed by atoms with Crippen LogP contribution in [0.3, 0.4) is 0 Å². The van der Waals surface area contributed by atoms with E-state index in [4.69, 9.17) is 5.11 Å². The second-order valence-electron chi connectivity index (χ2n) is 3.47. The maximum absolute atomic E-state index is 10.6. The molecule has 0 atom stereocenters. The van der Waals surface area contributed by atoms with Gasteiger partial charge < -0.3 is 10.2 Å². The van der Waals surface area contributed by atoms with Crippen molar-refractivity contribution in [2.45, 2.75) is 17.5 Å². The fourth-order valence-corrected chi connectivity index (χ4v) is 2.14. The molecule has 2 rings (SSSR count). The third-order valence-electron chi connectivity index (χ3n) is 2.06. The minimum Gasteiger partial charge on any atom is -0.508 e. The predicted octanol–water partition coefficient (Wildman–Crippen LogP) is 0.756. The zero-order valence-corrected chi connectivity index (χ0v) is 10.0. The first kappa shape index (κ1) is 12.4. The highest BCUT2D eigenvalue weighted by molar-refractivity contribution is 7.98. The van der Waals surface area contributed by atoms with Gasteiger partial charge in [0.2, 0.25) is 5.16 Å². The number of aliphatic carboxylic acids is 1. The first-order valence-electron chi connectivity index (χ1n) is 5.04. The number of aromatic nitrogens is 4. The monoisotopic (exact) mass is 266 g/mol. The Morgan fingerprint density at radius 2 is 2.28 bits per heavy atom. The quantitative estimate of drug-likeness (QED) is 0.770. The minimum atomic E-state index is -0.999. The van der Waals surface area contributed by atoms with Crippen LogP contribution in [0.25, 0.3) is 0 Å². The molecule has 0 aliphatic rings. The molecule has 0 bridgehead atoms. The van der Waals surface area contributed by atoms with Crippen molar-refractivity contribution in [1.82, 2.24) is 20.2 Å². The summed E-state index contributed by atoms with van der Waals surface area (Å²) < 4.78 is 1.22. The van der Waals surface area contributed by atoms with Crippen molar-refractivity contribution in [3.8, 4) is 5.75 Å². The summed E-state index contributed by atoms with van der Waals surface area (Å²) in [5, 5.41) is 29.2. The van der Waals surface area contributed by atoms with Crippen molar-refractivity contribution in [2.75, 3.05) is 0 Å². The molecule has 0 spiro atoms. The van der Waals surface area contributed by atoms with Gasteiger partial charge in [0.1, 0.15) is 12.3 Å². The highest BCUT2D eigenvalue weighted by atomic mass is 32.2. The number of tetrazole rings is 1. The lowest BCUT2D eigenvalue weighted by Crippen LogP contribution is -2.11. The molecular weight excluding hydrogens is 256 g/mol. The lowest BCUT2D eigenvalue weighted by atomic mass is 10.2. The Bertz CT molecular complexity index is 558. The normalized spacial score (nSPS) is 10.4. The largest absolute Gasteiger partial charge is 0.508 e. The standard InChI is InChI=1S/C10H10N4O3S/c15-8-3-1-2-7(4-8)6-18-10-11-12-13-14(10)5-9(16)17/h1-4,15H,5-6H2,(H,16,17). The van der Waals surface area contributed by atoms with E-state index in [1.807, 2.05) is 6.07 Å². The molecule has 0 aliphatic carbocycles. The van der Waals surface area contributed by atoms with Gasteiger partial charge >= 0.3 is 5.97 Å². The van der Waals surface area contributed by atoms with Gasteiger partial charge in [-0.25, -0.2) is 4.68 Å². The van der Waals surface area contributed by atoms with Gasteiger partial charge in [0.05, 0.1) is 0 Å². The average Bonchev–Trinajstić information content (AvgIpc) is 2.73. The van der Waals surface area contributed by atoms with Crippen LogP contribution >= 0.6 is 11.8 Å². The summed E-state index contributed by atoms with van der Waals surface area (Å²) in [4.78, 5) is 10.6. The molecule has 1 aromatic carbocycles. The molecule has 0 saturated heterocycles. The highest BCUT2D eigenvalue weighted by Crippen LogP contribution is 2.21. The minimum absolute atomic E-state index is 0.193. The molecule has 94 valence electrons. The predicted molar refractivity (Wildman–Crippen MR) is 63.1 cm³/mol. The average molecular weight is 266 g/mol. The number of nitrogens with zero attached hydrogens (tertiary/aromatic N) is 4. The molecule has 0 aliphatic heterocycles. The third-order valence-corrected chi connectivity index (χ3v) is 3.09. The second-order valence-corrected chi connectivity index (χ2v) is 4.41. The van der Waals surface area contributed by atoms with Gasteiger partial charge in [0.15, 0.2) is 0 Å². The lowest BCUT2D eigenvalue weighted by molar-refractivity contribution is -0.138. The van der Waals surface area contributed by atoms with Crippen molar-refractivity contribution in [3.63, 3.8) is 0 Å². The van der Waals surface area contributed by atoms with Crippen molar-refractivity contribution >= 4 is 17.7 Å². The van der Waals surface area contributed by atoms with Crippen LogP contribution in [-0.4, -0.2) is 36.4 Å². The Kier molecular flexibility index (Phi) is 3.78. The van der Waals surface area contributed by atoms with E-state index >= 15 is 0 Å². The molecule has 8 heteroatoms. The van der Waals surface area contributed by atoms with Crippen LogP contribution in [0, 0.1) is 0 Å². The fraction of sp³-hybridized carbons (Fsp3) is 0.200. The van der Waals surface area contributed by atoms with Gasteiger partial charge in [0.25, 0.3) is 0 Å². The summed E-state index contributed by atoms with van der Waals surface area (Å²) in [6.07, 6.45) is 0. The van der Waals surface area contributed by atoms with Gasteiger partial charge in [-0.1, -0.05) is 23.9 Å². The third kappa shape index (κ3) is 3.20. The summed E-state index contributed by atoms with van der Waals surface area (Å²) in [7, 11) is 0. The Morgan fingerprint density at radius 3 is 3.00 bits per heavy atom. The van der Waals surface area contributed by atoms with Crippen molar-refractivity contribution < 1.29 is 15.0 Å². The maximum atomic E-state index is 10.6. The molecule has 2 aromatic rings. The molecule has 1 aromatic heterocycles. The van der Waals surface area contributed by atoms with Crippen LogP contribution in [0.15, 0.2) is 29.4 Å². The number of phenols is 1. The van der Waals surface area contributed by atoms with E-state index < -0.39 is 5.97 Å². The fourth-order valence-electron chi connectivity index (χ4n) is 1.32. The number of aromatic hydroxyl groups is 1. The van der Waals surface area contributed by atoms with E-state index in [0.717, 1.165) is 5.56 Å². The van der Waals surface area contributed by atoms with Gasteiger partial charge in [-0.2, -0.15) is 0 Å². The first-order chi connectivity index (χ1) is 8.65. The van der Waals surface area contributed by atoms with Crippen LogP contribution in [0.2, 0.25) is 0 Å². The summed E-state index contributed by atoms with van der Waals surface area (Å²) in [6, 6.07) is 6.82. The highest BCUT2D eigenvalue weighted by Gasteiger charge is 2.10. The number of rotatable bonds is 5. The van der Waals surface area contributed by atoms with Gasteiger partial charge in [-0.15, -0.1) is 5.10 Å². The van der Waals surface area contributed by atoms with Crippen molar-refractivity contribution in [3.05, 3.63) is 29.8 Å². The summed E-state index contributed by atoms with van der Waals surface area (Å²) in [6.45, 7) is -0.268. The summed E-state index contributed by atoms with van der Waals surface area (Å²) >= 11 is 1.31. The van der Waals surface area contributed by atoms with E-state index in [-0.39, 0.29) is 12.3 Å². The van der Waals surface area contributed by atoms with Crippen LogP contribution in [0.1, 0.15) is 5.56 Å². The molecule has 0 radical (unpaired) electrons. The summed E-state index contributed by atoms with van der Waals surface area (Å²) in [5.74, 6) is -0.256. The number of benzene rings is 1. The van der Waals surface area contributed by atoms with Gasteiger partial charge in [-0.05, 0) is 28.1 Å². The van der Waals surface area contributed by atoms with E-state index in [1.165, 1.54) is 16.4 Å². The van der Waals surface area contributed by atoms with Gasteiger partial charge in [-0.3, -0.25) is 4.79 Å². The van der Waals surface area contributed by atoms with Crippen molar-refractivity contribution in [1.29, 1.82) is 0 Å². The zero-order valence-electron chi connectivity index (χ0n) is 9.22. The Labute approximate surface area is 106 Å². The number of hydrogen-bond acceptors (Lipinski definition) is 6. The molecule has 1 heterocycles. The van der Waals surface area contributed by atoms with E-state index in [9.17, 15) is 9.90 Å². The molecule has 7 nitrogen and oxygen atoms in total. The first-order valence-corrected chi connectivity index (χ1v) is 6.02. The number of thioether (sulfide) groups is 1. The number of carbonyl (C=O) groups is 1. The van der Waals surface area contributed by atoms with Crippen LogP contribution in [-0.2, 0) is 17.1 Å². The molecule has 0 saturated carbocycles. The van der Waals surface area contributed by atoms with Crippen molar-refractivity contribution in [2.24, 2.45) is 0 Å². The smallest absolute Gasteiger partial charge is 0.325 e. The lowest BCUT2D eigenvalue weighted by Gasteiger charge is -2.02. The second kappa shape index (κ2) is 5.50. The Balaban J connectivity index is 2.02. The van der Waals surface area contributed by atoms with E-state index in [1.54, 1.807) is 18.2 Å². The number of carboxylic acids is 1. The molecule has 0 fully saturated rings. The summed E-state index contributed by atoms with van der Waals surface area (Å²) in [5.41, 5.74) is 0.907. The van der Waals surface area contributed by atoms with E-state index in [2.05, 4.69) is 15.5 Å². The topological polar surface area (TPSA) is 101 Å². The zero-order chi connectivity index (χ0) is 13.0. The number of carboxylic acid groups (broad SMARTS) is 1. The number of phenolic OH excluding ortho intramolecular Hbond substituents is 1. The number of hydrogen-bond donors (Lipinski definition) is 2. The Morgan fingerprint density at radius 1 is 1.44 bits per heavy atom. The molecule has 0 unspecified atom stereocenters. The molecule has 0 amide bonds. The van der Waals surface area contributed by atoms with E-state index in [0.29, 0.717) is 10.9 Å². The molecule has 18 heavy (non-hydrogen) atoms. The van der Waals surface area contributed by atoms with Gasteiger partial charge in [0, 0.05) is 5.75 Å². The Hall–Kier alpha value is -2.09. The van der Waals surface area contributed by atoms with Crippen LogP contribution in [0.4, 0.5) is 0 Å². The maximum Gasteiger partial charge on any atom is 0.325 e. The molecular formula is C10H10N4O3S. The van der Waals surface area contributed by atoms with Crippen LogP contribution < -0.4 is 0 Å². The van der Waals surface area contributed by atoms with Crippen LogP contribution in [0.5, 0.6) is 5.75 Å².